The molecule has 1 aliphatic rings. The van der Waals surface area contributed by atoms with Crippen molar-refractivity contribution in [3.8, 4) is 0 Å². The first-order valence-corrected chi connectivity index (χ1v) is 8.60. The SMILES string of the molecule is CCS(=O)(=O)CCNc1cc(Br)nc(C2CC2)n1. The van der Waals surface area contributed by atoms with Gasteiger partial charge in [0.1, 0.15) is 16.2 Å². The third-order valence-corrected chi connectivity index (χ3v) is 4.93. The lowest BCUT2D eigenvalue weighted by Crippen LogP contribution is -2.18. The van der Waals surface area contributed by atoms with Crippen molar-refractivity contribution in [2.45, 2.75) is 25.7 Å². The number of nitrogens with one attached hydrogen (secondary N) is 1. The Labute approximate surface area is 115 Å². The van der Waals surface area contributed by atoms with Crippen LogP contribution in [0.15, 0.2) is 10.7 Å². The molecule has 0 aliphatic heterocycles. The van der Waals surface area contributed by atoms with Gasteiger partial charge in [0.25, 0.3) is 0 Å². The van der Waals surface area contributed by atoms with Gasteiger partial charge in [-0.1, -0.05) is 6.92 Å². The molecule has 1 aromatic heterocycles. The largest absolute Gasteiger partial charge is 0.369 e. The standard InChI is InChI=1S/C11H16BrN3O2S/c1-2-18(16,17)6-5-13-10-7-9(12)14-11(15-10)8-3-4-8/h7-8H,2-6H2,1H3,(H,13,14,15). The molecule has 0 bridgehead atoms. The number of nitrogens with zero attached hydrogens (tertiary/aromatic N) is 2. The molecular weight excluding hydrogens is 318 g/mol. The molecule has 0 amide bonds. The van der Waals surface area contributed by atoms with Gasteiger partial charge < -0.3 is 5.32 Å². The molecule has 7 heteroatoms. The van der Waals surface area contributed by atoms with Crippen LogP contribution in [0.1, 0.15) is 31.5 Å². The zero-order chi connectivity index (χ0) is 13.2. The Morgan fingerprint density at radius 3 is 2.78 bits per heavy atom. The van der Waals surface area contributed by atoms with Gasteiger partial charge in [-0.25, -0.2) is 18.4 Å². The molecular formula is C11H16BrN3O2S. The highest BCUT2D eigenvalue weighted by molar-refractivity contribution is 9.10. The summed E-state index contributed by atoms with van der Waals surface area (Å²) in [5.41, 5.74) is 0. The van der Waals surface area contributed by atoms with E-state index in [4.69, 9.17) is 0 Å². The van der Waals surface area contributed by atoms with Gasteiger partial charge in [-0.2, -0.15) is 0 Å². The van der Waals surface area contributed by atoms with E-state index in [-0.39, 0.29) is 11.5 Å². The molecule has 1 fully saturated rings. The predicted octanol–water partition coefficient (Wildman–Crippen LogP) is 1.96. The van der Waals surface area contributed by atoms with Gasteiger partial charge in [0.2, 0.25) is 0 Å². The first-order valence-electron chi connectivity index (χ1n) is 5.99. The third kappa shape index (κ3) is 3.91. The summed E-state index contributed by atoms with van der Waals surface area (Å²) in [5.74, 6) is 2.30. The Bertz CT molecular complexity index is 529. The molecule has 18 heavy (non-hydrogen) atoms. The zero-order valence-electron chi connectivity index (χ0n) is 10.2. The van der Waals surface area contributed by atoms with E-state index in [1.807, 2.05) is 0 Å². The number of halogens is 1. The van der Waals surface area contributed by atoms with E-state index in [0.29, 0.717) is 18.3 Å². The van der Waals surface area contributed by atoms with Crippen LogP contribution in [-0.4, -0.2) is 36.4 Å². The van der Waals surface area contributed by atoms with Crippen LogP contribution in [0.4, 0.5) is 5.82 Å². The Balaban J connectivity index is 1.97. The normalized spacial score (nSPS) is 15.7. The summed E-state index contributed by atoms with van der Waals surface area (Å²) in [6.07, 6.45) is 2.28. The zero-order valence-corrected chi connectivity index (χ0v) is 12.6. The van der Waals surface area contributed by atoms with Gasteiger partial charge in [0.15, 0.2) is 9.84 Å². The van der Waals surface area contributed by atoms with E-state index in [2.05, 4.69) is 31.2 Å². The van der Waals surface area contributed by atoms with Crippen molar-refractivity contribution >= 4 is 31.6 Å². The van der Waals surface area contributed by atoms with Crippen molar-refractivity contribution in [3.05, 3.63) is 16.5 Å². The van der Waals surface area contributed by atoms with Gasteiger partial charge in [0.05, 0.1) is 5.75 Å². The first-order chi connectivity index (χ1) is 8.50. The molecule has 100 valence electrons. The first kappa shape index (κ1) is 13.7. The second kappa shape index (κ2) is 5.52. The minimum absolute atomic E-state index is 0.129. The topological polar surface area (TPSA) is 72.0 Å². The molecule has 0 aromatic carbocycles. The number of aromatic nitrogens is 2. The van der Waals surface area contributed by atoms with Gasteiger partial charge in [-0.3, -0.25) is 0 Å². The highest BCUT2D eigenvalue weighted by Gasteiger charge is 2.27. The van der Waals surface area contributed by atoms with Gasteiger partial charge >= 0.3 is 0 Å². The number of sulfone groups is 1. The lowest BCUT2D eigenvalue weighted by atomic mass is 10.4. The van der Waals surface area contributed by atoms with Crippen LogP contribution in [0.3, 0.4) is 0 Å². The second-order valence-electron chi connectivity index (χ2n) is 4.37. The van der Waals surface area contributed by atoms with E-state index in [0.717, 1.165) is 23.3 Å². The summed E-state index contributed by atoms with van der Waals surface area (Å²) in [6, 6.07) is 1.77. The molecule has 0 saturated heterocycles. The fourth-order valence-corrected chi connectivity index (χ4v) is 2.63. The minimum Gasteiger partial charge on any atom is -0.369 e. The maximum Gasteiger partial charge on any atom is 0.151 e. The van der Waals surface area contributed by atoms with Gasteiger partial charge in [0, 0.05) is 24.3 Å². The van der Waals surface area contributed by atoms with Crippen LogP contribution >= 0.6 is 15.9 Å². The van der Waals surface area contributed by atoms with E-state index in [1.54, 1.807) is 13.0 Å². The predicted molar refractivity (Wildman–Crippen MR) is 74.5 cm³/mol. The van der Waals surface area contributed by atoms with Crippen molar-refractivity contribution in [3.63, 3.8) is 0 Å². The van der Waals surface area contributed by atoms with Gasteiger partial charge in [-0.15, -0.1) is 0 Å². The molecule has 1 aromatic rings. The van der Waals surface area contributed by atoms with E-state index < -0.39 is 9.84 Å². The number of hydrogen-bond donors (Lipinski definition) is 1. The summed E-state index contributed by atoms with van der Waals surface area (Å²) in [4.78, 5) is 8.71. The highest BCUT2D eigenvalue weighted by atomic mass is 79.9. The summed E-state index contributed by atoms with van der Waals surface area (Å²) in [6.45, 7) is 2.03. The molecule has 5 nitrogen and oxygen atoms in total. The molecule has 1 heterocycles. The molecule has 2 rings (SSSR count). The Kier molecular flexibility index (Phi) is 4.21. The Morgan fingerprint density at radius 2 is 2.17 bits per heavy atom. The average Bonchev–Trinajstić information content (AvgIpc) is 3.12. The van der Waals surface area contributed by atoms with Crippen LogP contribution in [0.25, 0.3) is 0 Å². The maximum absolute atomic E-state index is 11.4. The lowest BCUT2D eigenvalue weighted by molar-refractivity contribution is 0.597. The molecule has 0 radical (unpaired) electrons. The monoisotopic (exact) mass is 333 g/mol. The quantitative estimate of drug-likeness (QED) is 0.805. The van der Waals surface area contributed by atoms with Crippen LogP contribution in [0.5, 0.6) is 0 Å². The van der Waals surface area contributed by atoms with Crippen molar-refractivity contribution in [2.24, 2.45) is 0 Å². The molecule has 1 aliphatic carbocycles. The number of anilines is 1. The van der Waals surface area contributed by atoms with E-state index >= 15 is 0 Å². The smallest absolute Gasteiger partial charge is 0.151 e. The molecule has 0 unspecified atom stereocenters. The number of hydrogen-bond acceptors (Lipinski definition) is 5. The van der Waals surface area contributed by atoms with Crippen LogP contribution in [0.2, 0.25) is 0 Å². The fraction of sp³-hybridized carbons (Fsp3) is 0.636. The van der Waals surface area contributed by atoms with Crippen LogP contribution in [0, 0.1) is 0 Å². The maximum atomic E-state index is 11.4. The average molecular weight is 334 g/mol. The Hall–Kier alpha value is -0.690. The summed E-state index contributed by atoms with van der Waals surface area (Å²) in [5, 5.41) is 3.04. The van der Waals surface area contributed by atoms with E-state index in [9.17, 15) is 8.42 Å². The Morgan fingerprint density at radius 1 is 1.44 bits per heavy atom. The third-order valence-electron chi connectivity index (χ3n) is 2.81. The van der Waals surface area contributed by atoms with Crippen LogP contribution < -0.4 is 5.32 Å². The molecule has 0 spiro atoms. The fourth-order valence-electron chi connectivity index (χ4n) is 1.53. The molecule has 1 N–H and O–H groups in total. The summed E-state index contributed by atoms with van der Waals surface area (Å²) < 4.78 is 23.5. The lowest BCUT2D eigenvalue weighted by Gasteiger charge is -2.07. The second-order valence-corrected chi connectivity index (χ2v) is 7.66. The van der Waals surface area contributed by atoms with Crippen molar-refractivity contribution in [1.29, 1.82) is 0 Å². The van der Waals surface area contributed by atoms with Crippen molar-refractivity contribution in [2.75, 3.05) is 23.4 Å². The van der Waals surface area contributed by atoms with Crippen molar-refractivity contribution in [1.82, 2.24) is 9.97 Å². The van der Waals surface area contributed by atoms with Gasteiger partial charge in [-0.05, 0) is 28.8 Å². The summed E-state index contributed by atoms with van der Waals surface area (Å²) >= 11 is 3.34. The molecule has 1 saturated carbocycles. The van der Waals surface area contributed by atoms with Crippen molar-refractivity contribution < 1.29 is 8.42 Å². The van der Waals surface area contributed by atoms with Crippen LogP contribution in [-0.2, 0) is 9.84 Å². The highest BCUT2D eigenvalue weighted by Crippen LogP contribution is 2.38. The summed E-state index contributed by atoms with van der Waals surface area (Å²) in [7, 11) is -2.93. The molecule has 0 atom stereocenters. The number of rotatable bonds is 6. The van der Waals surface area contributed by atoms with E-state index in [1.165, 1.54) is 0 Å². The minimum atomic E-state index is -2.93.